The molecule has 0 radical (unpaired) electrons. The first kappa shape index (κ1) is 18.4. The fourth-order valence-corrected chi connectivity index (χ4v) is 4.63. The molecule has 3 rings (SSSR count). The molecule has 1 unspecified atom stereocenters. The van der Waals surface area contributed by atoms with Gasteiger partial charge in [-0.05, 0) is 38.4 Å². The van der Waals surface area contributed by atoms with Crippen LogP contribution in [-0.2, 0) is 10.0 Å². The van der Waals surface area contributed by atoms with Crippen LogP contribution in [-0.4, -0.2) is 32.5 Å². The number of sulfonamides is 1. The summed E-state index contributed by atoms with van der Waals surface area (Å²) in [4.78, 5) is 4.71. The predicted molar refractivity (Wildman–Crippen MR) is 95.7 cm³/mol. The molecule has 1 aliphatic heterocycles. The maximum Gasteiger partial charge on any atom is 0.240 e. The first-order valence-electron chi connectivity index (χ1n) is 7.30. The number of benzene rings is 1. The molecule has 126 valence electrons. The Morgan fingerprint density at radius 2 is 2.22 bits per heavy atom. The number of aromatic nitrogens is 1. The van der Waals surface area contributed by atoms with Crippen molar-refractivity contribution < 1.29 is 8.42 Å². The Morgan fingerprint density at radius 3 is 2.87 bits per heavy atom. The summed E-state index contributed by atoms with van der Waals surface area (Å²) >= 11 is 1.52. The van der Waals surface area contributed by atoms with Gasteiger partial charge in [0.2, 0.25) is 10.0 Å². The van der Waals surface area contributed by atoms with Gasteiger partial charge in [0, 0.05) is 29.2 Å². The van der Waals surface area contributed by atoms with E-state index in [0.717, 1.165) is 35.7 Å². The minimum atomic E-state index is -3.50. The number of rotatable bonds is 4. The van der Waals surface area contributed by atoms with Gasteiger partial charge in [-0.25, -0.2) is 18.1 Å². The van der Waals surface area contributed by atoms with Crippen LogP contribution in [0.1, 0.15) is 18.5 Å². The van der Waals surface area contributed by atoms with E-state index < -0.39 is 10.0 Å². The van der Waals surface area contributed by atoms with Crippen LogP contribution in [0.15, 0.2) is 34.5 Å². The van der Waals surface area contributed by atoms with Gasteiger partial charge in [-0.2, -0.15) is 0 Å². The molecule has 2 heterocycles. The summed E-state index contributed by atoms with van der Waals surface area (Å²) in [6, 6.07) is 6.93. The average molecular weight is 374 g/mol. The second-order valence-corrected chi connectivity index (χ2v) is 8.06. The summed E-state index contributed by atoms with van der Waals surface area (Å²) in [7, 11) is -3.50. The number of aryl methyl sites for hydroxylation is 1. The van der Waals surface area contributed by atoms with E-state index in [4.69, 9.17) is 0 Å². The molecule has 0 bridgehead atoms. The highest BCUT2D eigenvalue weighted by atomic mass is 35.5. The van der Waals surface area contributed by atoms with Crippen molar-refractivity contribution in [2.75, 3.05) is 13.1 Å². The topological polar surface area (TPSA) is 71.1 Å². The first-order chi connectivity index (χ1) is 10.5. The summed E-state index contributed by atoms with van der Waals surface area (Å²) in [6.45, 7) is 3.57. The Labute approximate surface area is 147 Å². The molecule has 23 heavy (non-hydrogen) atoms. The van der Waals surface area contributed by atoms with Gasteiger partial charge < -0.3 is 5.32 Å². The van der Waals surface area contributed by atoms with E-state index in [9.17, 15) is 8.42 Å². The minimum absolute atomic E-state index is 0. The van der Waals surface area contributed by atoms with Gasteiger partial charge in [0.25, 0.3) is 0 Å². The van der Waals surface area contributed by atoms with Crippen LogP contribution in [0.5, 0.6) is 0 Å². The number of hydrogen-bond acceptors (Lipinski definition) is 5. The number of nitrogens with one attached hydrogen (secondary N) is 2. The highest BCUT2D eigenvalue weighted by Gasteiger charge is 2.22. The van der Waals surface area contributed by atoms with Gasteiger partial charge in [-0.3, -0.25) is 0 Å². The number of piperidine rings is 1. The zero-order chi connectivity index (χ0) is 15.6. The van der Waals surface area contributed by atoms with E-state index >= 15 is 0 Å². The Kier molecular flexibility index (Phi) is 6.16. The quantitative estimate of drug-likeness (QED) is 0.864. The maximum absolute atomic E-state index is 12.5. The molecule has 1 aromatic carbocycles. The smallest absolute Gasteiger partial charge is 0.240 e. The van der Waals surface area contributed by atoms with E-state index in [1.54, 1.807) is 18.2 Å². The van der Waals surface area contributed by atoms with Crippen LogP contribution in [0.2, 0.25) is 0 Å². The largest absolute Gasteiger partial charge is 0.315 e. The zero-order valence-electron chi connectivity index (χ0n) is 12.8. The molecular formula is C15H20ClN3O2S2. The Hall–Kier alpha value is -0.990. The van der Waals surface area contributed by atoms with Crippen molar-refractivity contribution in [3.8, 4) is 10.6 Å². The third-order valence-corrected chi connectivity index (χ3v) is 6.16. The lowest BCUT2D eigenvalue weighted by molar-refractivity contribution is 0.428. The van der Waals surface area contributed by atoms with Crippen molar-refractivity contribution in [2.45, 2.75) is 30.7 Å². The number of hydrogen-bond donors (Lipinski definition) is 2. The molecule has 8 heteroatoms. The lowest BCUT2D eigenvalue weighted by atomic mass is 10.1. The van der Waals surface area contributed by atoms with Crippen LogP contribution in [0.3, 0.4) is 0 Å². The van der Waals surface area contributed by atoms with Gasteiger partial charge in [0.1, 0.15) is 5.01 Å². The second kappa shape index (κ2) is 7.72. The van der Waals surface area contributed by atoms with Crippen molar-refractivity contribution in [1.82, 2.24) is 15.0 Å². The highest BCUT2D eigenvalue weighted by Crippen LogP contribution is 2.25. The van der Waals surface area contributed by atoms with E-state index in [2.05, 4.69) is 15.0 Å². The SMILES string of the molecule is Cc1csc(-c2cccc(S(=O)(=O)NC3CCCNC3)c2)n1.Cl. The zero-order valence-corrected chi connectivity index (χ0v) is 15.2. The Morgan fingerprint density at radius 1 is 1.39 bits per heavy atom. The van der Waals surface area contributed by atoms with Crippen molar-refractivity contribution in [2.24, 2.45) is 0 Å². The van der Waals surface area contributed by atoms with Crippen molar-refractivity contribution in [3.05, 3.63) is 35.3 Å². The van der Waals surface area contributed by atoms with Crippen molar-refractivity contribution in [1.29, 1.82) is 0 Å². The molecule has 1 aliphatic rings. The third-order valence-electron chi connectivity index (χ3n) is 3.63. The molecule has 1 saturated heterocycles. The number of nitrogens with zero attached hydrogens (tertiary/aromatic N) is 1. The van der Waals surface area contributed by atoms with E-state index in [1.807, 2.05) is 18.4 Å². The van der Waals surface area contributed by atoms with Gasteiger partial charge in [0.15, 0.2) is 0 Å². The van der Waals surface area contributed by atoms with Crippen LogP contribution in [0.4, 0.5) is 0 Å². The summed E-state index contributed by atoms with van der Waals surface area (Å²) in [6.07, 6.45) is 1.86. The molecule has 1 fully saturated rings. The molecule has 5 nitrogen and oxygen atoms in total. The van der Waals surface area contributed by atoms with Gasteiger partial charge >= 0.3 is 0 Å². The van der Waals surface area contributed by atoms with Crippen LogP contribution >= 0.6 is 23.7 Å². The van der Waals surface area contributed by atoms with E-state index in [0.29, 0.717) is 11.4 Å². The van der Waals surface area contributed by atoms with Crippen LogP contribution in [0.25, 0.3) is 10.6 Å². The fourth-order valence-electron chi connectivity index (χ4n) is 2.52. The van der Waals surface area contributed by atoms with Gasteiger partial charge in [-0.1, -0.05) is 12.1 Å². The van der Waals surface area contributed by atoms with Gasteiger partial charge in [0.05, 0.1) is 4.90 Å². The fraction of sp³-hybridized carbons (Fsp3) is 0.400. The van der Waals surface area contributed by atoms with Crippen LogP contribution in [0, 0.1) is 6.92 Å². The molecule has 1 atom stereocenters. The standard InChI is InChI=1S/C15H19N3O2S2.ClH/c1-11-10-21-15(17-11)12-4-2-6-14(8-12)22(19,20)18-13-5-3-7-16-9-13;/h2,4,6,8,10,13,16,18H,3,5,7,9H2,1H3;1H. The lowest BCUT2D eigenvalue weighted by Crippen LogP contribution is -2.45. The lowest BCUT2D eigenvalue weighted by Gasteiger charge is -2.23. The molecule has 0 aliphatic carbocycles. The number of halogens is 1. The third kappa shape index (κ3) is 4.51. The molecule has 2 aromatic rings. The summed E-state index contributed by atoms with van der Waals surface area (Å²) in [5.74, 6) is 0. The first-order valence-corrected chi connectivity index (χ1v) is 9.66. The summed E-state index contributed by atoms with van der Waals surface area (Å²) in [5.41, 5.74) is 1.78. The van der Waals surface area contributed by atoms with Gasteiger partial charge in [-0.15, -0.1) is 23.7 Å². The Balaban J connectivity index is 0.00000192. The van der Waals surface area contributed by atoms with Crippen molar-refractivity contribution in [3.63, 3.8) is 0 Å². The number of thiazole rings is 1. The van der Waals surface area contributed by atoms with E-state index in [1.165, 1.54) is 11.3 Å². The predicted octanol–water partition coefficient (Wildman–Crippen LogP) is 2.57. The van der Waals surface area contributed by atoms with Crippen molar-refractivity contribution >= 4 is 33.8 Å². The second-order valence-electron chi connectivity index (χ2n) is 5.49. The average Bonchev–Trinajstić information content (AvgIpc) is 2.95. The Bertz CT molecular complexity index is 756. The monoisotopic (exact) mass is 373 g/mol. The normalized spacial score (nSPS) is 18.4. The molecule has 1 aromatic heterocycles. The highest BCUT2D eigenvalue weighted by molar-refractivity contribution is 7.89. The molecule has 0 spiro atoms. The molecular weight excluding hydrogens is 354 g/mol. The summed E-state index contributed by atoms with van der Waals surface area (Å²) < 4.78 is 27.9. The molecule has 0 amide bonds. The maximum atomic E-state index is 12.5. The van der Waals surface area contributed by atoms with E-state index in [-0.39, 0.29) is 18.4 Å². The minimum Gasteiger partial charge on any atom is -0.315 e. The molecule has 2 N–H and O–H groups in total. The molecule has 0 saturated carbocycles. The summed E-state index contributed by atoms with van der Waals surface area (Å²) in [5, 5.41) is 6.02. The van der Waals surface area contributed by atoms with Crippen LogP contribution < -0.4 is 10.0 Å².